The molecule has 0 spiro atoms. The summed E-state index contributed by atoms with van der Waals surface area (Å²) >= 11 is 3.97. The largest absolute Gasteiger partial charge is 0.306 e. The van der Waals surface area contributed by atoms with Crippen molar-refractivity contribution in [3.8, 4) is 22.4 Å². The molecule has 0 aliphatic carbocycles. The van der Waals surface area contributed by atoms with Crippen molar-refractivity contribution in [2.75, 3.05) is 0 Å². The molecular formula is C18H13ClFNO2S. The smallest absolute Gasteiger partial charge is 0.157 e. The van der Waals surface area contributed by atoms with Crippen LogP contribution in [0.2, 0.25) is 5.02 Å². The van der Waals surface area contributed by atoms with Crippen molar-refractivity contribution in [3.63, 3.8) is 0 Å². The monoisotopic (exact) mass is 361 g/mol. The Morgan fingerprint density at radius 1 is 1.08 bits per heavy atom. The summed E-state index contributed by atoms with van der Waals surface area (Å²) in [5.74, 6) is -0.771. The first kappa shape index (κ1) is 16.8. The molecule has 3 rings (SSSR count). The summed E-state index contributed by atoms with van der Waals surface area (Å²) < 4.78 is 34.0. The van der Waals surface area contributed by atoms with Gasteiger partial charge in [0.1, 0.15) is 5.82 Å². The number of rotatable bonds is 4. The van der Waals surface area contributed by atoms with Crippen LogP contribution in [-0.4, -0.2) is 13.7 Å². The molecule has 1 heterocycles. The van der Waals surface area contributed by atoms with Gasteiger partial charge in [-0.2, -0.15) is 0 Å². The fourth-order valence-corrected chi connectivity index (χ4v) is 3.16. The molecule has 1 atom stereocenters. The van der Waals surface area contributed by atoms with E-state index in [9.17, 15) is 8.60 Å². The predicted octanol–water partition coefficient (Wildman–Crippen LogP) is 4.93. The molecule has 1 N–H and O–H groups in total. The van der Waals surface area contributed by atoms with Crippen LogP contribution in [-0.2, 0) is 16.8 Å². The Labute approximate surface area is 146 Å². The van der Waals surface area contributed by atoms with Crippen LogP contribution in [0.4, 0.5) is 4.39 Å². The standard InChI is InChI=1S/C18H13ClFNO2S/c19-15-4-1-3-12(9-15)16-5-2-8-21-18(16)13-6-7-14(11-24(22)23)17(20)10-13/h1-10H,11H2,(H,22,23). The second-order valence-corrected chi connectivity index (χ2v) is 6.55. The molecule has 122 valence electrons. The summed E-state index contributed by atoms with van der Waals surface area (Å²) in [4.78, 5) is 4.37. The number of pyridine rings is 1. The van der Waals surface area contributed by atoms with Gasteiger partial charge in [0.15, 0.2) is 11.1 Å². The number of benzene rings is 2. The van der Waals surface area contributed by atoms with E-state index in [0.29, 0.717) is 16.3 Å². The molecule has 1 unspecified atom stereocenters. The van der Waals surface area contributed by atoms with Gasteiger partial charge in [0, 0.05) is 27.9 Å². The normalized spacial score (nSPS) is 12.1. The van der Waals surface area contributed by atoms with Crippen molar-refractivity contribution in [2.24, 2.45) is 0 Å². The topological polar surface area (TPSA) is 50.2 Å². The van der Waals surface area contributed by atoms with Crippen molar-refractivity contribution < 1.29 is 13.2 Å². The molecule has 0 bridgehead atoms. The molecule has 0 amide bonds. The summed E-state index contributed by atoms with van der Waals surface area (Å²) in [5.41, 5.74) is 3.12. The van der Waals surface area contributed by atoms with Gasteiger partial charge in [-0.3, -0.25) is 4.98 Å². The summed E-state index contributed by atoms with van der Waals surface area (Å²) in [6.45, 7) is 0. The molecule has 3 aromatic rings. The molecule has 1 aromatic heterocycles. The predicted molar refractivity (Wildman–Crippen MR) is 94.6 cm³/mol. The summed E-state index contributed by atoms with van der Waals surface area (Å²) in [7, 11) is 0. The zero-order valence-corrected chi connectivity index (χ0v) is 14.0. The lowest BCUT2D eigenvalue weighted by Gasteiger charge is -2.10. The number of hydrogen-bond donors (Lipinski definition) is 1. The van der Waals surface area contributed by atoms with E-state index in [2.05, 4.69) is 4.98 Å². The van der Waals surface area contributed by atoms with Crippen molar-refractivity contribution in [1.29, 1.82) is 0 Å². The van der Waals surface area contributed by atoms with E-state index in [0.717, 1.165) is 11.1 Å². The Morgan fingerprint density at radius 2 is 1.92 bits per heavy atom. The van der Waals surface area contributed by atoms with Crippen molar-refractivity contribution in [3.05, 3.63) is 77.2 Å². The summed E-state index contributed by atoms with van der Waals surface area (Å²) in [6, 6.07) is 15.6. The minimum Gasteiger partial charge on any atom is -0.306 e. The molecule has 3 nitrogen and oxygen atoms in total. The molecule has 2 aromatic carbocycles. The molecular weight excluding hydrogens is 349 g/mol. The highest BCUT2D eigenvalue weighted by atomic mass is 35.5. The van der Waals surface area contributed by atoms with Crippen molar-refractivity contribution in [2.45, 2.75) is 5.75 Å². The molecule has 0 saturated carbocycles. The van der Waals surface area contributed by atoms with Crippen LogP contribution in [0.3, 0.4) is 0 Å². The Balaban J connectivity index is 2.08. The third-order valence-corrected chi connectivity index (χ3v) is 4.34. The lowest BCUT2D eigenvalue weighted by atomic mass is 9.99. The lowest BCUT2D eigenvalue weighted by Crippen LogP contribution is -1.97. The first-order valence-electron chi connectivity index (χ1n) is 7.12. The molecule has 0 aliphatic heterocycles. The molecule has 0 fully saturated rings. The Morgan fingerprint density at radius 3 is 2.62 bits per heavy atom. The van der Waals surface area contributed by atoms with E-state index < -0.39 is 16.9 Å². The lowest BCUT2D eigenvalue weighted by molar-refractivity contribution is 0.559. The van der Waals surface area contributed by atoms with Gasteiger partial charge in [-0.25, -0.2) is 8.60 Å². The molecule has 6 heteroatoms. The minimum atomic E-state index is -2.08. The number of hydrogen-bond acceptors (Lipinski definition) is 2. The molecule has 0 radical (unpaired) electrons. The van der Waals surface area contributed by atoms with E-state index in [1.807, 2.05) is 24.3 Å². The third kappa shape index (κ3) is 3.70. The van der Waals surface area contributed by atoms with Crippen LogP contribution in [0.25, 0.3) is 22.4 Å². The second kappa shape index (κ2) is 7.21. The maximum absolute atomic E-state index is 14.2. The van der Waals surface area contributed by atoms with Crippen LogP contribution in [0.5, 0.6) is 0 Å². The maximum Gasteiger partial charge on any atom is 0.157 e. The molecule has 24 heavy (non-hydrogen) atoms. The highest BCUT2D eigenvalue weighted by Gasteiger charge is 2.12. The third-order valence-electron chi connectivity index (χ3n) is 3.55. The van der Waals surface area contributed by atoms with Crippen LogP contribution in [0.15, 0.2) is 60.8 Å². The van der Waals surface area contributed by atoms with Gasteiger partial charge in [0.05, 0.1) is 11.4 Å². The van der Waals surface area contributed by atoms with E-state index in [4.69, 9.17) is 16.2 Å². The highest BCUT2D eigenvalue weighted by Crippen LogP contribution is 2.32. The van der Waals surface area contributed by atoms with Gasteiger partial charge in [0.2, 0.25) is 0 Å². The van der Waals surface area contributed by atoms with Crippen LogP contribution >= 0.6 is 11.6 Å². The number of aromatic nitrogens is 1. The van der Waals surface area contributed by atoms with E-state index in [1.165, 1.54) is 12.1 Å². The van der Waals surface area contributed by atoms with Gasteiger partial charge in [-0.15, -0.1) is 0 Å². The fourth-order valence-electron chi connectivity index (χ4n) is 2.47. The highest BCUT2D eigenvalue weighted by molar-refractivity contribution is 7.78. The zero-order chi connectivity index (χ0) is 17.1. The van der Waals surface area contributed by atoms with E-state index in [1.54, 1.807) is 24.4 Å². The number of halogens is 2. The van der Waals surface area contributed by atoms with Crippen LogP contribution in [0.1, 0.15) is 5.56 Å². The average Bonchev–Trinajstić information content (AvgIpc) is 2.56. The SMILES string of the molecule is O=S(O)Cc1ccc(-c2ncccc2-c2cccc(Cl)c2)cc1F. The fraction of sp³-hybridized carbons (Fsp3) is 0.0556. The first-order chi connectivity index (χ1) is 11.5. The summed E-state index contributed by atoms with van der Waals surface area (Å²) in [6.07, 6.45) is 1.64. The second-order valence-electron chi connectivity index (χ2n) is 5.18. The van der Waals surface area contributed by atoms with E-state index >= 15 is 0 Å². The molecule has 0 saturated heterocycles. The van der Waals surface area contributed by atoms with Gasteiger partial charge < -0.3 is 4.55 Å². The van der Waals surface area contributed by atoms with Crippen LogP contribution in [0, 0.1) is 5.82 Å². The van der Waals surface area contributed by atoms with Crippen LogP contribution < -0.4 is 0 Å². The summed E-state index contributed by atoms with van der Waals surface area (Å²) in [5, 5.41) is 0.606. The maximum atomic E-state index is 14.2. The Bertz CT molecular complexity index is 917. The van der Waals surface area contributed by atoms with Crippen molar-refractivity contribution in [1.82, 2.24) is 4.98 Å². The Hall–Kier alpha value is -2.08. The van der Waals surface area contributed by atoms with Gasteiger partial charge >= 0.3 is 0 Å². The minimum absolute atomic E-state index is 0.194. The average molecular weight is 362 g/mol. The van der Waals surface area contributed by atoms with E-state index in [-0.39, 0.29) is 11.3 Å². The quantitative estimate of drug-likeness (QED) is 0.670. The Kier molecular flexibility index (Phi) is 5.04. The zero-order valence-electron chi connectivity index (χ0n) is 12.4. The van der Waals surface area contributed by atoms with Gasteiger partial charge in [-0.05, 0) is 29.8 Å². The van der Waals surface area contributed by atoms with Gasteiger partial charge in [0.25, 0.3) is 0 Å². The van der Waals surface area contributed by atoms with Crippen molar-refractivity contribution >= 4 is 22.7 Å². The number of nitrogens with zero attached hydrogens (tertiary/aromatic N) is 1. The first-order valence-corrected chi connectivity index (χ1v) is 8.77. The van der Waals surface area contributed by atoms with Gasteiger partial charge in [-0.1, -0.05) is 41.9 Å². The molecule has 0 aliphatic rings.